The number of nitrogens with zero attached hydrogens (tertiary/aromatic N) is 3. The molecule has 2 rings (SSSR count). The van der Waals surface area contributed by atoms with Crippen LogP contribution >= 0.6 is 0 Å². The first kappa shape index (κ1) is 14.2. The second-order valence-electron chi connectivity index (χ2n) is 4.79. The highest BCUT2D eigenvalue weighted by atomic mass is 16.2. The predicted molar refractivity (Wildman–Crippen MR) is 77.3 cm³/mol. The Labute approximate surface area is 118 Å². The second kappa shape index (κ2) is 6.29. The summed E-state index contributed by atoms with van der Waals surface area (Å²) in [5.74, 6) is -0.117. The minimum absolute atomic E-state index is 0.117. The van der Waals surface area contributed by atoms with Crippen LogP contribution in [0.2, 0.25) is 0 Å². The summed E-state index contributed by atoms with van der Waals surface area (Å²) in [5.41, 5.74) is 3.97. The lowest BCUT2D eigenvalue weighted by atomic mass is 10.1. The quantitative estimate of drug-likeness (QED) is 0.860. The molecule has 106 valence electrons. The Bertz CT molecular complexity index is 605. The van der Waals surface area contributed by atoms with Crippen LogP contribution in [0.25, 0.3) is 0 Å². The number of rotatable bonds is 5. The first-order valence-corrected chi connectivity index (χ1v) is 6.49. The Kier molecular flexibility index (Phi) is 4.47. The monoisotopic (exact) mass is 273 g/mol. The number of anilines is 1. The van der Waals surface area contributed by atoms with Crippen LogP contribution in [0.15, 0.2) is 24.4 Å². The fourth-order valence-electron chi connectivity index (χ4n) is 1.84. The summed E-state index contributed by atoms with van der Waals surface area (Å²) < 4.78 is 1.53. The van der Waals surface area contributed by atoms with Crippen LogP contribution in [0.1, 0.15) is 16.8 Å². The molecule has 6 heteroatoms. The molecule has 0 aliphatic rings. The van der Waals surface area contributed by atoms with Crippen molar-refractivity contribution in [3.63, 3.8) is 0 Å². The molecule has 1 aromatic carbocycles. The SMILES string of the molecule is CNCc1cn(CC(=O)Nc2ccc(C)c(C)c2)nn1. The molecule has 20 heavy (non-hydrogen) atoms. The van der Waals surface area contributed by atoms with E-state index in [1.807, 2.05) is 39.1 Å². The minimum atomic E-state index is -0.117. The van der Waals surface area contributed by atoms with Crippen molar-refractivity contribution in [1.29, 1.82) is 0 Å². The molecule has 1 heterocycles. The molecule has 0 aliphatic heterocycles. The minimum Gasteiger partial charge on any atom is -0.324 e. The normalized spacial score (nSPS) is 10.6. The number of carbonyl (C=O) groups is 1. The Morgan fingerprint density at radius 3 is 2.80 bits per heavy atom. The van der Waals surface area contributed by atoms with E-state index in [1.165, 1.54) is 10.2 Å². The maximum absolute atomic E-state index is 11.9. The van der Waals surface area contributed by atoms with Crippen LogP contribution in [0.5, 0.6) is 0 Å². The fourth-order valence-corrected chi connectivity index (χ4v) is 1.84. The lowest BCUT2D eigenvalue weighted by molar-refractivity contribution is -0.116. The summed E-state index contributed by atoms with van der Waals surface area (Å²) in [4.78, 5) is 11.9. The molecule has 0 spiro atoms. The van der Waals surface area contributed by atoms with Gasteiger partial charge in [-0.2, -0.15) is 0 Å². The van der Waals surface area contributed by atoms with Crippen LogP contribution < -0.4 is 10.6 Å². The van der Waals surface area contributed by atoms with Gasteiger partial charge in [0.1, 0.15) is 6.54 Å². The molecular weight excluding hydrogens is 254 g/mol. The van der Waals surface area contributed by atoms with E-state index in [1.54, 1.807) is 6.20 Å². The third-order valence-corrected chi connectivity index (χ3v) is 3.04. The molecule has 0 saturated carbocycles. The number of aromatic nitrogens is 3. The summed E-state index contributed by atoms with van der Waals surface area (Å²) in [7, 11) is 1.84. The van der Waals surface area contributed by atoms with Crippen LogP contribution in [0.4, 0.5) is 5.69 Å². The number of benzene rings is 1. The van der Waals surface area contributed by atoms with Crippen molar-refractivity contribution in [1.82, 2.24) is 20.3 Å². The standard InChI is InChI=1S/C14H19N5O/c1-10-4-5-12(6-11(10)2)16-14(20)9-19-8-13(7-15-3)17-18-19/h4-6,8,15H,7,9H2,1-3H3,(H,16,20). The first-order valence-electron chi connectivity index (χ1n) is 6.49. The zero-order chi connectivity index (χ0) is 14.5. The molecule has 2 aromatic rings. The van der Waals surface area contributed by atoms with Gasteiger partial charge in [0.15, 0.2) is 0 Å². The van der Waals surface area contributed by atoms with E-state index in [9.17, 15) is 4.79 Å². The van der Waals surface area contributed by atoms with Crippen molar-refractivity contribution in [2.24, 2.45) is 0 Å². The molecule has 0 bridgehead atoms. The molecular formula is C14H19N5O. The lowest BCUT2D eigenvalue weighted by Gasteiger charge is -2.07. The summed E-state index contributed by atoms with van der Waals surface area (Å²) in [6, 6.07) is 5.85. The molecule has 0 unspecified atom stereocenters. The molecule has 0 aliphatic carbocycles. The Morgan fingerprint density at radius 2 is 2.10 bits per heavy atom. The van der Waals surface area contributed by atoms with Crippen LogP contribution in [-0.2, 0) is 17.9 Å². The van der Waals surface area contributed by atoms with E-state index in [-0.39, 0.29) is 12.5 Å². The van der Waals surface area contributed by atoms with Crippen LogP contribution in [0, 0.1) is 13.8 Å². The molecule has 0 radical (unpaired) electrons. The smallest absolute Gasteiger partial charge is 0.246 e. The molecule has 0 saturated heterocycles. The second-order valence-corrected chi connectivity index (χ2v) is 4.79. The molecule has 0 atom stereocenters. The van der Waals surface area contributed by atoms with E-state index in [0.717, 1.165) is 16.9 Å². The first-order chi connectivity index (χ1) is 9.58. The van der Waals surface area contributed by atoms with Crippen LogP contribution in [0.3, 0.4) is 0 Å². The summed E-state index contributed by atoms with van der Waals surface area (Å²) in [6.07, 6.45) is 1.76. The van der Waals surface area contributed by atoms with Gasteiger partial charge < -0.3 is 10.6 Å². The van der Waals surface area contributed by atoms with Crippen molar-refractivity contribution >= 4 is 11.6 Å². The van der Waals surface area contributed by atoms with Crippen molar-refractivity contribution in [2.75, 3.05) is 12.4 Å². The summed E-state index contributed by atoms with van der Waals surface area (Å²) in [6.45, 7) is 4.86. The number of nitrogens with one attached hydrogen (secondary N) is 2. The van der Waals surface area contributed by atoms with E-state index in [4.69, 9.17) is 0 Å². The van der Waals surface area contributed by atoms with Gasteiger partial charge in [-0.1, -0.05) is 11.3 Å². The van der Waals surface area contributed by atoms with Gasteiger partial charge in [-0.15, -0.1) is 5.10 Å². The zero-order valence-corrected chi connectivity index (χ0v) is 12.0. The lowest BCUT2D eigenvalue weighted by Crippen LogP contribution is -2.19. The number of amides is 1. The average Bonchev–Trinajstić information content (AvgIpc) is 2.81. The van der Waals surface area contributed by atoms with Gasteiger partial charge in [-0.3, -0.25) is 4.79 Å². The number of carbonyl (C=O) groups excluding carboxylic acids is 1. The number of hydrogen-bond acceptors (Lipinski definition) is 4. The predicted octanol–water partition coefficient (Wildman–Crippen LogP) is 1.25. The van der Waals surface area contributed by atoms with Gasteiger partial charge in [0.05, 0.1) is 11.9 Å². The maximum Gasteiger partial charge on any atom is 0.246 e. The van der Waals surface area contributed by atoms with E-state index in [2.05, 4.69) is 20.9 Å². The van der Waals surface area contributed by atoms with Gasteiger partial charge in [0, 0.05) is 12.2 Å². The highest BCUT2D eigenvalue weighted by Gasteiger charge is 2.06. The summed E-state index contributed by atoms with van der Waals surface area (Å²) in [5, 5.41) is 13.7. The van der Waals surface area contributed by atoms with Gasteiger partial charge >= 0.3 is 0 Å². The number of hydrogen-bond donors (Lipinski definition) is 2. The van der Waals surface area contributed by atoms with Crippen LogP contribution in [-0.4, -0.2) is 27.9 Å². The molecule has 6 nitrogen and oxygen atoms in total. The van der Waals surface area contributed by atoms with Crippen molar-refractivity contribution in [2.45, 2.75) is 26.9 Å². The Balaban J connectivity index is 1.95. The fraction of sp³-hybridized carbons (Fsp3) is 0.357. The largest absolute Gasteiger partial charge is 0.324 e. The van der Waals surface area contributed by atoms with E-state index in [0.29, 0.717) is 6.54 Å². The third-order valence-electron chi connectivity index (χ3n) is 3.04. The summed E-state index contributed by atoms with van der Waals surface area (Å²) >= 11 is 0. The van der Waals surface area contributed by atoms with E-state index >= 15 is 0 Å². The highest BCUT2D eigenvalue weighted by molar-refractivity contribution is 5.90. The molecule has 1 amide bonds. The third kappa shape index (κ3) is 3.64. The van der Waals surface area contributed by atoms with E-state index < -0.39 is 0 Å². The maximum atomic E-state index is 11.9. The van der Waals surface area contributed by atoms with Crippen molar-refractivity contribution < 1.29 is 4.79 Å². The molecule has 0 fully saturated rings. The highest BCUT2D eigenvalue weighted by Crippen LogP contribution is 2.14. The Morgan fingerprint density at radius 1 is 1.30 bits per heavy atom. The van der Waals surface area contributed by atoms with Gasteiger partial charge in [-0.25, -0.2) is 4.68 Å². The number of aryl methyl sites for hydroxylation is 2. The molecule has 1 aromatic heterocycles. The Hall–Kier alpha value is -2.21. The molecule has 2 N–H and O–H groups in total. The topological polar surface area (TPSA) is 71.8 Å². The zero-order valence-electron chi connectivity index (χ0n) is 12.0. The van der Waals surface area contributed by atoms with Gasteiger partial charge in [0.2, 0.25) is 5.91 Å². The average molecular weight is 273 g/mol. The van der Waals surface area contributed by atoms with Crippen molar-refractivity contribution in [3.8, 4) is 0 Å². The van der Waals surface area contributed by atoms with Crippen molar-refractivity contribution in [3.05, 3.63) is 41.2 Å². The van der Waals surface area contributed by atoms with Gasteiger partial charge in [0.25, 0.3) is 0 Å². The van der Waals surface area contributed by atoms with Gasteiger partial charge in [-0.05, 0) is 44.2 Å².